The number of halogens is 6. The molecule has 2 aromatic heterocycles. The number of anilines is 1. The lowest BCUT2D eigenvalue weighted by Crippen LogP contribution is -2.64. The van der Waals surface area contributed by atoms with Gasteiger partial charge in [0.2, 0.25) is 5.91 Å². The standard InChI is InChI=1S/C17H18F6N6O2/c1-9(15(30)29-6-13(10(29)2)31-17(21,22)23)27-14-3-12(24-8-25-14)11-4-26-28(5-11)7-16(18,19)20/h3-5,8-10,13H,6-7H2,1-2H3,(H,24,25,27)/t9-,10+,13+/m1/s1. The average molecular weight is 452 g/mol. The molecule has 0 saturated carbocycles. The van der Waals surface area contributed by atoms with Gasteiger partial charge >= 0.3 is 12.5 Å². The summed E-state index contributed by atoms with van der Waals surface area (Å²) in [5, 5.41) is 6.46. The van der Waals surface area contributed by atoms with Crippen LogP contribution in [-0.4, -0.2) is 67.8 Å². The molecule has 3 atom stereocenters. The van der Waals surface area contributed by atoms with Crippen molar-refractivity contribution in [3.8, 4) is 11.3 Å². The van der Waals surface area contributed by atoms with Crippen LogP contribution in [0.2, 0.25) is 0 Å². The fraction of sp³-hybridized carbons (Fsp3) is 0.529. The highest BCUT2D eigenvalue weighted by atomic mass is 19.4. The molecule has 3 rings (SSSR count). The fourth-order valence-electron chi connectivity index (χ4n) is 3.07. The predicted octanol–water partition coefficient (Wildman–Crippen LogP) is 2.84. The summed E-state index contributed by atoms with van der Waals surface area (Å²) in [7, 11) is 0. The maximum Gasteiger partial charge on any atom is 0.522 e. The number of rotatable bonds is 6. The molecule has 1 aliphatic rings. The average Bonchev–Trinajstić information content (AvgIpc) is 3.10. The van der Waals surface area contributed by atoms with Crippen molar-refractivity contribution in [3.05, 3.63) is 24.8 Å². The zero-order valence-corrected chi connectivity index (χ0v) is 16.3. The highest BCUT2D eigenvalue weighted by molar-refractivity contribution is 5.85. The minimum Gasteiger partial charge on any atom is -0.359 e. The Bertz CT molecular complexity index is 930. The summed E-state index contributed by atoms with van der Waals surface area (Å²) in [5.74, 6) is -0.238. The highest BCUT2D eigenvalue weighted by Gasteiger charge is 2.46. The van der Waals surface area contributed by atoms with E-state index in [9.17, 15) is 31.1 Å². The van der Waals surface area contributed by atoms with Crippen molar-refractivity contribution >= 4 is 11.7 Å². The van der Waals surface area contributed by atoms with E-state index in [0.29, 0.717) is 5.56 Å². The molecule has 1 saturated heterocycles. The molecule has 14 heteroatoms. The molecule has 0 aliphatic carbocycles. The topological polar surface area (TPSA) is 85.2 Å². The highest BCUT2D eigenvalue weighted by Crippen LogP contribution is 2.29. The van der Waals surface area contributed by atoms with Crippen molar-refractivity contribution in [1.82, 2.24) is 24.6 Å². The van der Waals surface area contributed by atoms with Crippen molar-refractivity contribution in [1.29, 1.82) is 0 Å². The summed E-state index contributed by atoms with van der Waals surface area (Å²) in [5.41, 5.74) is 0.596. The van der Waals surface area contributed by atoms with Gasteiger partial charge in [0.25, 0.3) is 0 Å². The van der Waals surface area contributed by atoms with E-state index in [1.165, 1.54) is 37.2 Å². The van der Waals surface area contributed by atoms with Crippen molar-refractivity contribution < 1.29 is 35.9 Å². The summed E-state index contributed by atoms with van der Waals surface area (Å²) >= 11 is 0. The quantitative estimate of drug-likeness (QED) is 0.679. The van der Waals surface area contributed by atoms with Gasteiger partial charge < -0.3 is 10.2 Å². The summed E-state index contributed by atoms with van der Waals surface area (Å²) < 4.78 is 79.1. The lowest BCUT2D eigenvalue weighted by Gasteiger charge is -2.46. The van der Waals surface area contributed by atoms with Crippen LogP contribution in [0, 0.1) is 0 Å². The van der Waals surface area contributed by atoms with Crippen LogP contribution < -0.4 is 5.32 Å². The molecule has 1 N–H and O–H groups in total. The van der Waals surface area contributed by atoms with Crippen LogP contribution in [0.15, 0.2) is 24.8 Å². The van der Waals surface area contributed by atoms with Crippen molar-refractivity contribution in [2.75, 3.05) is 11.9 Å². The van der Waals surface area contributed by atoms with Crippen LogP contribution in [0.3, 0.4) is 0 Å². The maximum atomic E-state index is 12.5. The monoisotopic (exact) mass is 452 g/mol. The van der Waals surface area contributed by atoms with E-state index < -0.39 is 43.2 Å². The van der Waals surface area contributed by atoms with Crippen LogP contribution in [0.1, 0.15) is 13.8 Å². The van der Waals surface area contributed by atoms with Gasteiger partial charge in [-0.1, -0.05) is 0 Å². The number of alkyl halides is 6. The van der Waals surface area contributed by atoms with Gasteiger partial charge in [0, 0.05) is 24.4 Å². The van der Waals surface area contributed by atoms with E-state index in [0.717, 1.165) is 11.0 Å². The fourth-order valence-corrected chi connectivity index (χ4v) is 3.07. The van der Waals surface area contributed by atoms with Gasteiger partial charge in [-0.25, -0.2) is 9.97 Å². The van der Waals surface area contributed by atoms with Gasteiger partial charge in [-0.2, -0.15) is 18.3 Å². The minimum atomic E-state index is -4.77. The van der Waals surface area contributed by atoms with Gasteiger partial charge in [0.15, 0.2) is 0 Å². The second kappa shape index (κ2) is 8.32. The van der Waals surface area contributed by atoms with Crippen LogP contribution in [0.4, 0.5) is 32.2 Å². The Morgan fingerprint density at radius 2 is 2.00 bits per heavy atom. The van der Waals surface area contributed by atoms with Gasteiger partial charge in [0.05, 0.1) is 17.9 Å². The SMILES string of the molecule is C[C@@H](Nc1cc(-c2cnn(CC(F)(F)F)c2)ncn1)C(=O)N1C[C@H](OC(F)(F)F)[C@@H]1C. The minimum absolute atomic E-state index is 0.195. The normalized spacial score (nSPS) is 20.3. The molecule has 8 nitrogen and oxygen atoms in total. The lowest BCUT2D eigenvalue weighted by molar-refractivity contribution is -0.359. The number of carbonyl (C=O) groups is 1. The van der Waals surface area contributed by atoms with Crippen LogP contribution >= 0.6 is 0 Å². The zero-order valence-electron chi connectivity index (χ0n) is 16.3. The number of hydrogen-bond acceptors (Lipinski definition) is 6. The molecule has 0 bridgehead atoms. The number of carbonyl (C=O) groups excluding carboxylic acids is 1. The van der Waals surface area contributed by atoms with Gasteiger partial charge in [-0.15, -0.1) is 13.2 Å². The van der Waals surface area contributed by atoms with Crippen molar-refractivity contribution in [3.63, 3.8) is 0 Å². The molecule has 0 aromatic carbocycles. The Balaban J connectivity index is 1.61. The first-order valence-electron chi connectivity index (χ1n) is 9.05. The number of amides is 1. The van der Waals surface area contributed by atoms with Gasteiger partial charge in [-0.05, 0) is 13.8 Å². The zero-order chi connectivity index (χ0) is 23.0. The Morgan fingerprint density at radius 3 is 2.61 bits per heavy atom. The third-order valence-electron chi connectivity index (χ3n) is 4.65. The Kier molecular flexibility index (Phi) is 6.11. The van der Waals surface area contributed by atoms with E-state index in [1.807, 2.05) is 0 Å². The first-order chi connectivity index (χ1) is 14.3. The lowest BCUT2D eigenvalue weighted by atomic mass is 10.00. The second-order valence-electron chi connectivity index (χ2n) is 7.03. The second-order valence-corrected chi connectivity index (χ2v) is 7.03. The molecule has 0 unspecified atom stereocenters. The molecule has 1 amide bonds. The molecule has 0 radical (unpaired) electrons. The summed E-state index contributed by atoms with van der Waals surface area (Å²) in [6.45, 7) is 1.52. The van der Waals surface area contributed by atoms with Crippen LogP contribution in [-0.2, 0) is 16.1 Å². The smallest absolute Gasteiger partial charge is 0.359 e. The van der Waals surface area contributed by atoms with E-state index in [4.69, 9.17) is 0 Å². The number of aromatic nitrogens is 4. The van der Waals surface area contributed by atoms with E-state index in [1.54, 1.807) is 0 Å². The molecule has 0 spiro atoms. The van der Waals surface area contributed by atoms with Gasteiger partial charge in [0.1, 0.15) is 30.8 Å². The number of hydrogen-bond donors (Lipinski definition) is 1. The first-order valence-corrected chi connectivity index (χ1v) is 9.05. The molecule has 3 heterocycles. The summed E-state index contributed by atoms with van der Waals surface area (Å²) in [6, 6.07) is -0.155. The largest absolute Gasteiger partial charge is 0.522 e. The third kappa shape index (κ3) is 5.83. The van der Waals surface area contributed by atoms with Gasteiger partial charge in [-0.3, -0.25) is 14.2 Å². The number of ether oxygens (including phenoxy) is 1. The van der Waals surface area contributed by atoms with E-state index >= 15 is 0 Å². The Hall–Kier alpha value is -2.90. The first kappa shape index (κ1) is 22.8. The maximum absolute atomic E-state index is 12.5. The molecule has 1 fully saturated rings. The van der Waals surface area contributed by atoms with E-state index in [2.05, 4.69) is 25.1 Å². The molecular formula is C17H18F6N6O2. The van der Waals surface area contributed by atoms with Crippen molar-refractivity contribution in [2.24, 2.45) is 0 Å². The third-order valence-corrected chi connectivity index (χ3v) is 4.65. The number of likely N-dealkylation sites (tertiary alicyclic amines) is 1. The summed E-state index contributed by atoms with van der Waals surface area (Å²) in [6.07, 6.45) is -6.77. The molecule has 31 heavy (non-hydrogen) atoms. The van der Waals surface area contributed by atoms with Crippen LogP contribution in [0.25, 0.3) is 11.3 Å². The Labute approximate surface area is 172 Å². The molecule has 1 aliphatic heterocycles. The summed E-state index contributed by atoms with van der Waals surface area (Å²) in [4.78, 5) is 21.7. The van der Waals surface area contributed by atoms with Crippen molar-refractivity contribution in [2.45, 2.75) is 51.1 Å². The number of nitrogens with one attached hydrogen (secondary N) is 1. The molecular weight excluding hydrogens is 434 g/mol. The number of nitrogens with zero attached hydrogens (tertiary/aromatic N) is 5. The van der Waals surface area contributed by atoms with E-state index in [-0.39, 0.29) is 18.1 Å². The van der Waals surface area contributed by atoms with Crippen LogP contribution in [0.5, 0.6) is 0 Å². The Morgan fingerprint density at radius 1 is 1.29 bits per heavy atom. The molecule has 170 valence electrons. The molecule has 2 aromatic rings. The predicted molar refractivity (Wildman–Crippen MR) is 94.5 cm³/mol.